The molecule has 0 saturated heterocycles. The Morgan fingerprint density at radius 2 is 2.00 bits per heavy atom. The number of phenolic OH excluding ortho intramolecular Hbond substituents is 1. The summed E-state index contributed by atoms with van der Waals surface area (Å²) in [5.41, 5.74) is 0.710. The van der Waals surface area contributed by atoms with Crippen molar-refractivity contribution in [1.82, 2.24) is 0 Å². The highest BCUT2D eigenvalue weighted by atomic mass is 32.2. The number of carboxylic acids is 1. The van der Waals surface area contributed by atoms with Crippen molar-refractivity contribution < 1.29 is 23.4 Å². The molecule has 3 N–H and O–H groups in total. The molecule has 0 aliphatic heterocycles. The molecule has 0 amide bonds. The second-order valence-electron chi connectivity index (χ2n) is 3.63. The first-order valence-corrected chi connectivity index (χ1v) is 6.32. The van der Waals surface area contributed by atoms with Crippen molar-refractivity contribution in [2.75, 3.05) is 4.72 Å². The fourth-order valence-corrected chi connectivity index (χ4v) is 2.00. The molecule has 0 heterocycles. The lowest BCUT2D eigenvalue weighted by atomic mass is 10.2. The van der Waals surface area contributed by atoms with Crippen molar-refractivity contribution in [1.29, 1.82) is 0 Å². The minimum atomic E-state index is -3.97. The van der Waals surface area contributed by atoms with Crippen molar-refractivity contribution in [2.24, 2.45) is 0 Å². The zero-order valence-electron chi connectivity index (χ0n) is 9.34. The van der Waals surface area contributed by atoms with Crippen LogP contribution in [0.5, 0.6) is 5.75 Å². The van der Waals surface area contributed by atoms with Crippen LogP contribution in [0.4, 0.5) is 5.69 Å². The van der Waals surface area contributed by atoms with Crippen molar-refractivity contribution in [3.63, 3.8) is 0 Å². The molecule has 1 aromatic rings. The Morgan fingerprint density at radius 1 is 1.41 bits per heavy atom. The molecule has 1 unspecified atom stereocenters. The highest BCUT2D eigenvalue weighted by Gasteiger charge is 2.27. The number of carboxylic acid groups (broad SMARTS) is 1. The highest BCUT2D eigenvalue weighted by molar-refractivity contribution is 7.94. The number of aliphatic carboxylic acids is 1. The van der Waals surface area contributed by atoms with Gasteiger partial charge in [-0.25, -0.2) is 8.42 Å². The monoisotopic (exact) mass is 259 g/mol. The predicted molar refractivity (Wildman–Crippen MR) is 62.5 cm³/mol. The molecule has 0 aliphatic rings. The third-order valence-electron chi connectivity index (χ3n) is 2.27. The molecular weight excluding hydrogens is 246 g/mol. The summed E-state index contributed by atoms with van der Waals surface area (Å²) in [5, 5.41) is 16.4. The standard InChI is InChI=1S/C10H13NO5S/c1-6-5-8(3-4-9(6)12)11-17(15,16)7(2)10(13)14/h3-5,7,11-12H,1-2H3,(H,13,14). The van der Waals surface area contributed by atoms with E-state index in [2.05, 4.69) is 4.72 Å². The minimum Gasteiger partial charge on any atom is -0.508 e. The Balaban J connectivity index is 2.98. The molecule has 0 saturated carbocycles. The van der Waals surface area contributed by atoms with Crippen LogP contribution in [-0.4, -0.2) is 29.9 Å². The van der Waals surface area contributed by atoms with E-state index in [0.717, 1.165) is 6.92 Å². The highest BCUT2D eigenvalue weighted by Crippen LogP contribution is 2.21. The molecule has 1 aromatic carbocycles. The first-order chi connectivity index (χ1) is 7.74. The summed E-state index contributed by atoms with van der Waals surface area (Å²) in [4.78, 5) is 10.6. The second-order valence-corrected chi connectivity index (χ2v) is 5.63. The summed E-state index contributed by atoms with van der Waals surface area (Å²) < 4.78 is 25.3. The summed E-state index contributed by atoms with van der Waals surface area (Å²) >= 11 is 0. The first kappa shape index (κ1) is 13.3. The van der Waals surface area contributed by atoms with Gasteiger partial charge in [-0.2, -0.15) is 0 Å². The van der Waals surface area contributed by atoms with Crippen LogP contribution < -0.4 is 4.72 Å². The molecule has 0 bridgehead atoms. The van der Waals surface area contributed by atoms with Crippen LogP contribution in [0.1, 0.15) is 12.5 Å². The van der Waals surface area contributed by atoms with E-state index in [1.54, 1.807) is 6.92 Å². The Morgan fingerprint density at radius 3 is 2.47 bits per heavy atom. The minimum absolute atomic E-state index is 0.0410. The van der Waals surface area contributed by atoms with Crippen LogP contribution >= 0.6 is 0 Å². The van der Waals surface area contributed by atoms with Gasteiger partial charge in [0.25, 0.3) is 0 Å². The van der Waals surface area contributed by atoms with E-state index in [1.165, 1.54) is 18.2 Å². The molecule has 0 radical (unpaired) electrons. The van der Waals surface area contributed by atoms with Gasteiger partial charge in [-0.1, -0.05) is 0 Å². The van der Waals surface area contributed by atoms with Crippen LogP contribution in [-0.2, 0) is 14.8 Å². The quantitative estimate of drug-likeness (QED) is 0.697. The normalized spacial score (nSPS) is 13.1. The molecule has 17 heavy (non-hydrogen) atoms. The number of phenols is 1. The van der Waals surface area contributed by atoms with E-state index < -0.39 is 21.2 Å². The largest absolute Gasteiger partial charge is 0.508 e. The number of hydrogen-bond acceptors (Lipinski definition) is 4. The number of sulfonamides is 1. The van der Waals surface area contributed by atoms with Crippen LogP contribution in [0.3, 0.4) is 0 Å². The average molecular weight is 259 g/mol. The maximum atomic E-state index is 11.6. The number of nitrogens with one attached hydrogen (secondary N) is 1. The van der Waals surface area contributed by atoms with Crippen LogP contribution in [0.25, 0.3) is 0 Å². The second kappa shape index (κ2) is 4.62. The maximum absolute atomic E-state index is 11.6. The summed E-state index contributed by atoms with van der Waals surface area (Å²) in [6.07, 6.45) is 0. The summed E-state index contributed by atoms with van der Waals surface area (Å²) in [6, 6.07) is 4.11. The van der Waals surface area contributed by atoms with Crippen LogP contribution in [0, 0.1) is 6.92 Å². The van der Waals surface area contributed by atoms with Crippen LogP contribution in [0.2, 0.25) is 0 Å². The van der Waals surface area contributed by atoms with Gasteiger partial charge in [0, 0.05) is 5.69 Å². The fourth-order valence-electron chi connectivity index (χ4n) is 1.10. The van der Waals surface area contributed by atoms with Gasteiger partial charge in [0.1, 0.15) is 5.75 Å². The Hall–Kier alpha value is -1.76. The Labute approximate surface area is 99.0 Å². The number of hydrogen-bond donors (Lipinski definition) is 3. The zero-order chi connectivity index (χ0) is 13.2. The van der Waals surface area contributed by atoms with E-state index in [4.69, 9.17) is 5.11 Å². The molecule has 1 atom stereocenters. The van der Waals surface area contributed by atoms with Gasteiger partial charge in [0.05, 0.1) is 0 Å². The molecule has 7 heteroatoms. The molecule has 0 aromatic heterocycles. The number of benzene rings is 1. The number of rotatable bonds is 4. The van der Waals surface area contributed by atoms with Crippen molar-refractivity contribution in [2.45, 2.75) is 19.1 Å². The first-order valence-electron chi connectivity index (χ1n) is 4.78. The van der Waals surface area contributed by atoms with Gasteiger partial charge in [-0.05, 0) is 37.6 Å². The third kappa shape index (κ3) is 3.10. The smallest absolute Gasteiger partial charge is 0.323 e. The molecule has 6 nitrogen and oxygen atoms in total. The zero-order valence-corrected chi connectivity index (χ0v) is 10.2. The third-order valence-corrected chi connectivity index (χ3v) is 3.92. The molecule has 0 fully saturated rings. The summed E-state index contributed by atoms with van der Waals surface area (Å²) in [6.45, 7) is 2.69. The van der Waals surface area contributed by atoms with Gasteiger partial charge in [-0.15, -0.1) is 0 Å². The average Bonchev–Trinajstić information content (AvgIpc) is 2.22. The number of carbonyl (C=O) groups is 1. The summed E-state index contributed by atoms with van der Waals surface area (Å²) in [5.74, 6) is -1.38. The predicted octanol–water partition coefficient (Wildman–Crippen LogP) is 0.915. The van der Waals surface area contributed by atoms with Gasteiger partial charge in [-0.3, -0.25) is 9.52 Å². The van der Waals surface area contributed by atoms with E-state index in [9.17, 15) is 18.3 Å². The van der Waals surface area contributed by atoms with Gasteiger partial charge in [0.2, 0.25) is 10.0 Å². The van der Waals surface area contributed by atoms with E-state index >= 15 is 0 Å². The van der Waals surface area contributed by atoms with Crippen molar-refractivity contribution in [3.8, 4) is 5.75 Å². The SMILES string of the molecule is Cc1cc(NS(=O)(=O)C(C)C(=O)O)ccc1O. The summed E-state index contributed by atoms with van der Waals surface area (Å²) in [7, 11) is -3.97. The van der Waals surface area contributed by atoms with Crippen molar-refractivity contribution >= 4 is 21.7 Å². The lowest BCUT2D eigenvalue weighted by Crippen LogP contribution is -2.32. The van der Waals surface area contributed by atoms with Gasteiger partial charge in [0.15, 0.2) is 5.25 Å². The molecule has 0 spiro atoms. The van der Waals surface area contributed by atoms with Gasteiger partial charge < -0.3 is 10.2 Å². The molecular formula is C10H13NO5S. The Kier molecular flexibility index (Phi) is 3.62. The lowest BCUT2D eigenvalue weighted by Gasteiger charge is -2.11. The van der Waals surface area contributed by atoms with E-state index in [-0.39, 0.29) is 11.4 Å². The van der Waals surface area contributed by atoms with Crippen LogP contribution in [0.15, 0.2) is 18.2 Å². The Bertz CT molecular complexity index is 538. The molecule has 0 aliphatic carbocycles. The molecule has 94 valence electrons. The van der Waals surface area contributed by atoms with E-state index in [1.807, 2.05) is 0 Å². The topological polar surface area (TPSA) is 104 Å². The lowest BCUT2D eigenvalue weighted by molar-refractivity contribution is -0.136. The van der Waals surface area contributed by atoms with Crippen molar-refractivity contribution in [3.05, 3.63) is 23.8 Å². The maximum Gasteiger partial charge on any atom is 0.323 e. The molecule has 1 rings (SSSR count). The number of aromatic hydroxyl groups is 1. The van der Waals surface area contributed by atoms with Gasteiger partial charge >= 0.3 is 5.97 Å². The fraction of sp³-hybridized carbons (Fsp3) is 0.300. The number of aryl methyl sites for hydroxylation is 1. The number of anilines is 1. The van der Waals surface area contributed by atoms with E-state index in [0.29, 0.717) is 5.56 Å².